The summed E-state index contributed by atoms with van der Waals surface area (Å²) in [5.41, 5.74) is 1.79. The first-order chi connectivity index (χ1) is 13.1. The maximum atomic E-state index is 12.8. The first-order valence-electron chi connectivity index (χ1n) is 9.58. The Morgan fingerprint density at radius 1 is 1.07 bits per heavy atom. The molecule has 2 aromatic carbocycles. The number of hydrogen-bond acceptors (Lipinski definition) is 3. The molecule has 5 nitrogen and oxygen atoms in total. The zero-order valence-electron chi connectivity index (χ0n) is 17.2. The largest absolute Gasteiger partial charge is 0.476 e. The Morgan fingerprint density at radius 2 is 1.71 bits per heavy atom. The molecule has 0 saturated carbocycles. The zero-order valence-corrected chi connectivity index (χ0v) is 17.2. The summed E-state index contributed by atoms with van der Waals surface area (Å²) in [6, 6.07) is 15.3. The van der Waals surface area contributed by atoms with Gasteiger partial charge >= 0.3 is 0 Å². The summed E-state index contributed by atoms with van der Waals surface area (Å²) in [5, 5.41) is 2.91. The van der Waals surface area contributed by atoms with Crippen molar-refractivity contribution >= 4 is 23.2 Å². The van der Waals surface area contributed by atoms with E-state index in [2.05, 4.69) is 26.1 Å². The van der Waals surface area contributed by atoms with Crippen molar-refractivity contribution in [2.75, 3.05) is 16.8 Å². The van der Waals surface area contributed by atoms with E-state index >= 15 is 0 Å². The van der Waals surface area contributed by atoms with Crippen LogP contribution in [0.2, 0.25) is 0 Å². The Hall–Kier alpha value is -2.82. The number of hydrogen-bond donors (Lipinski definition) is 1. The molecule has 0 unspecified atom stereocenters. The number of amides is 2. The Labute approximate surface area is 166 Å². The lowest BCUT2D eigenvalue weighted by atomic mass is 9.87. The van der Waals surface area contributed by atoms with E-state index in [9.17, 15) is 9.59 Å². The number of anilines is 2. The van der Waals surface area contributed by atoms with Crippen LogP contribution in [0.1, 0.15) is 46.6 Å². The fourth-order valence-electron chi connectivity index (χ4n) is 3.23. The van der Waals surface area contributed by atoms with E-state index in [0.29, 0.717) is 18.0 Å². The molecule has 0 bridgehead atoms. The highest BCUT2D eigenvalue weighted by Gasteiger charge is 2.40. The normalized spacial score (nSPS) is 15.6. The van der Waals surface area contributed by atoms with Crippen LogP contribution in [0.4, 0.5) is 11.4 Å². The molecule has 0 aromatic heterocycles. The van der Waals surface area contributed by atoms with Crippen LogP contribution in [0.25, 0.3) is 0 Å². The lowest BCUT2D eigenvalue weighted by Crippen LogP contribution is -2.53. The van der Waals surface area contributed by atoms with Gasteiger partial charge in [-0.05, 0) is 49.1 Å². The number of para-hydroxylation sites is 2. The molecule has 2 amide bonds. The van der Waals surface area contributed by atoms with Crippen LogP contribution in [0.3, 0.4) is 0 Å². The third-order valence-electron chi connectivity index (χ3n) is 4.88. The van der Waals surface area contributed by atoms with E-state index in [1.807, 2.05) is 48.5 Å². The number of benzene rings is 2. The van der Waals surface area contributed by atoms with E-state index in [0.717, 1.165) is 5.69 Å². The van der Waals surface area contributed by atoms with Gasteiger partial charge in [0.1, 0.15) is 5.75 Å². The van der Waals surface area contributed by atoms with Crippen molar-refractivity contribution in [2.24, 2.45) is 0 Å². The third kappa shape index (κ3) is 4.19. The number of ether oxygens (including phenoxy) is 1. The molecule has 0 aliphatic carbocycles. The molecule has 28 heavy (non-hydrogen) atoms. The maximum Gasteiger partial charge on any atom is 0.270 e. The van der Waals surface area contributed by atoms with Gasteiger partial charge in [-0.1, -0.05) is 45.0 Å². The van der Waals surface area contributed by atoms with Gasteiger partial charge in [0.25, 0.3) is 5.91 Å². The summed E-state index contributed by atoms with van der Waals surface area (Å²) in [6.07, 6.45) is 0.206. The molecule has 0 saturated heterocycles. The zero-order chi connectivity index (χ0) is 20.5. The van der Waals surface area contributed by atoms with Crippen LogP contribution in [-0.4, -0.2) is 24.0 Å². The predicted octanol–water partition coefficient (Wildman–Crippen LogP) is 4.52. The van der Waals surface area contributed by atoms with Gasteiger partial charge in [0.2, 0.25) is 5.91 Å². The van der Waals surface area contributed by atoms with Crippen molar-refractivity contribution in [1.82, 2.24) is 0 Å². The number of rotatable bonds is 4. The molecule has 0 fully saturated rings. The number of nitrogens with zero attached hydrogens (tertiary/aromatic N) is 1. The van der Waals surface area contributed by atoms with Crippen LogP contribution < -0.4 is 15.0 Å². The number of carbonyl (C=O) groups is 2. The molecule has 0 spiro atoms. The summed E-state index contributed by atoms with van der Waals surface area (Å²) in [6.45, 7) is 10.2. The Kier molecular flexibility index (Phi) is 5.20. The van der Waals surface area contributed by atoms with Crippen LogP contribution in [0.5, 0.6) is 5.75 Å². The monoisotopic (exact) mass is 380 g/mol. The average molecular weight is 380 g/mol. The highest BCUT2D eigenvalue weighted by atomic mass is 16.5. The number of fused-ring (bicyclic) bond motifs is 1. The van der Waals surface area contributed by atoms with Gasteiger partial charge in [0.05, 0.1) is 5.69 Å². The van der Waals surface area contributed by atoms with E-state index in [-0.39, 0.29) is 23.7 Å². The van der Waals surface area contributed by atoms with Gasteiger partial charge in [0, 0.05) is 18.7 Å². The summed E-state index contributed by atoms with van der Waals surface area (Å²) < 4.78 is 5.81. The second-order valence-corrected chi connectivity index (χ2v) is 8.66. The van der Waals surface area contributed by atoms with Crippen LogP contribution in [-0.2, 0) is 15.0 Å². The Bertz CT molecular complexity index is 879. The lowest BCUT2D eigenvalue weighted by molar-refractivity contribution is -0.132. The summed E-state index contributed by atoms with van der Waals surface area (Å²) in [4.78, 5) is 26.9. The molecular formula is C23H28N2O3. The predicted molar refractivity (Wildman–Crippen MR) is 112 cm³/mol. The first kappa shape index (κ1) is 19.9. The molecule has 0 atom stereocenters. The van der Waals surface area contributed by atoms with Gasteiger partial charge in [-0.3, -0.25) is 9.59 Å². The highest BCUT2D eigenvalue weighted by molar-refractivity contribution is 6.03. The topological polar surface area (TPSA) is 58.6 Å². The van der Waals surface area contributed by atoms with Gasteiger partial charge in [-0.25, -0.2) is 0 Å². The van der Waals surface area contributed by atoms with Crippen LogP contribution >= 0.6 is 0 Å². The average Bonchev–Trinajstić information content (AvgIpc) is 2.61. The molecule has 2 aromatic rings. The van der Waals surface area contributed by atoms with Crippen molar-refractivity contribution in [3.8, 4) is 5.75 Å². The summed E-state index contributed by atoms with van der Waals surface area (Å²) in [7, 11) is 0. The van der Waals surface area contributed by atoms with Gasteiger partial charge < -0.3 is 15.0 Å². The molecule has 148 valence electrons. The molecule has 3 rings (SSSR count). The number of carbonyl (C=O) groups excluding carboxylic acids is 2. The third-order valence-corrected chi connectivity index (χ3v) is 4.88. The van der Waals surface area contributed by atoms with Gasteiger partial charge in [0.15, 0.2) is 5.60 Å². The van der Waals surface area contributed by atoms with Crippen LogP contribution in [0, 0.1) is 0 Å². The minimum Gasteiger partial charge on any atom is -0.476 e. The minimum absolute atomic E-state index is 0.0689. The lowest BCUT2D eigenvalue weighted by Gasteiger charge is -2.38. The second kappa shape index (κ2) is 7.30. The molecule has 1 aliphatic rings. The maximum absolute atomic E-state index is 12.8. The number of nitrogens with one attached hydrogen (secondary N) is 1. The fraction of sp³-hybridized carbons (Fsp3) is 0.391. The summed E-state index contributed by atoms with van der Waals surface area (Å²) in [5.74, 6) is 0.386. The van der Waals surface area contributed by atoms with Crippen molar-refractivity contribution in [2.45, 2.75) is 52.1 Å². The van der Waals surface area contributed by atoms with E-state index < -0.39 is 5.60 Å². The molecule has 1 aliphatic heterocycles. The van der Waals surface area contributed by atoms with Crippen molar-refractivity contribution in [3.05, 3.63) is 54.1 Å². The molecule has 1 N–H and O–H groups in total. The van der Waals surface area contributed by atoms with E-state index in [1.165, 1.54) is 5.56 Å². The molecule has 0 radical (unpaired) electrons. The standard InChI is InChI=1S/C23H28N2O3/c1-22(2,3)16-10-12-17(13-11-16)24-20(26)14-15-25-18-8-6-7-9-19(18)28-23(4,5)21(25)27/h6-13H,14-15H2,1-5H3,(H,24,26). The minimum atomic E-state index is -0.951. The highest BCUT2D eigenvalue weighted by Crippen LogP contribution is 2.37. The van der Waals surface area contributed by atoms with Crippen LogP contribution in [0.15, 0.2) is 48.5 Å². The molecule has 1 heterocycles. The van der Waals surface area contributed by atoms with Crippen molar-refractivity contribution in [1.29, 1.82) is 0 Å². The fourth-order valence-corrected chi connectivity index (χ4v) is 3.23. The van der Waals surface area contributed by atoms with Crippen molar-refractivity contribution < 1.29 is 14.3 Å². The smallest absolute Gasteiger partial charge is 0.270 e. The molecule has 5 heteroatoms. The van der Waals surface area contributed by atoms with Crippen molar-refractivity contribution in [3.63, 3.8) is 0 Å². The SMILES string of the molecule is CC1(C)Oc2ccccc2N(CCC(=O)Nc2ccc(C(C)(C)C)cc2)C1=O. The Balaban J connectivity index is 1.66. The summed E-state index contributed by atoms with van der Waals surface area (Å²) >= 11 is 0. The quantitative estimate of drug-likeness (QED) is 0.849. The second-order valence-electron chi connectivity index (χ2n) is 8.66. The Morgan fingerprint density at radius 3 is 2.36 bits per heavy atom. The molecular weight excluding hydrogens is 352 g/mol. The van der Waals surface area contributed by atoms with E-state index in [1.54, 1.807) is 18.7 Å². The first-order valence-corrected chi connectivity index (χ1v) is 9.58. The van der Waals surface area contributed by atoms with Gasteiger partial charge in [-0.2, -0.15) is 0 Å². The van der Waals surface area contributed by atoms with E-state index in [4.69, 9.17) is 4.74 Å². The van der Waals surface area contributed by atoms with Gasteiger partial charge in [-0.15, -0.1) is 0 Å².